The topological polar surface area (TPSA) is 46.2 Å². The van der Waals surface area contributed by atoms with E-state index >= 15 is 0 Å². The lowest BCUT2D eigenvalue weighted by atomic mass is 10.1. The molecular formula is C19H25NO2S. The monoisotopic (exact) mass is 331 g/mol. The van der Waals surface area contributed by atoms with Crippen molar-refractivity contribution in [3.8, 4) is 0 Å². The zero-order chi connectivity index (χ0) is 16.5. The molecule has 2 aromatic rings. The van der Waals surface area contributed by atoms with E-state index < -0.39 is 10.0 Å². The lowest BCUT2D eigenvalue weighted by molar-refractivity contribution is 0.601. The number of hydrogen-bond donors (Lipinski definition) is 1. The van der Waals surface area contributed by atoms with Crippen LogP contribution in [0.1, 0.15) is 44.6 Å². The summed E-state index contributed by atoms with van der Waals surface area (Å²) < 4.78 is 27.1. The number of aryl methyl sites for hydroxylation is 1. The van der Waals surface area contributed by atoms with Gasteiger partial charge in [0.25, 0.3) is 10.0 Å². The fourth-order valence-electron chi connectivity index (χ4n) is 2.49. The maximum absolute atomic E-state index is 12.2. The number of sulfonamides is 1. The van der Waals surface area contributed by atoms with Crippen molar-refractivity contribution >= 4 is 15.7 Å². The number of benzene rings is 2. The first-order valence-electron chi connectivity index (χ1n) is 8.28. The average molecular weight is 331 g/mol. The Labute approximate surface area is 139 Å². The maximum Gasteiger partial charge on any atom is 0.261 e. The molecule has 2 aromatic carbocycles. The summed E-state index contributed by atoms with van der Waals surface area (Å²) >= 11 is 0. The molecule has 0 saturated heterocycles. The highest BCUT2D eigenvalue weighted by Crippen LogP contribution is 2.17. The first-order valence-corrected chi connectivity index (χ1v) is 9.77. The van der Waals surface area contributed by atoms with Crippen LogP contribution in [-0.2, 0) is 16.4 Å². The molecule has 0 amide bonds. The van der Waals surface area contributed by atoms with Crippen LogP contribution in [0, 0.1) is 0 Å². The molecule has 23 heavy (non-hydrogen) atoms. The van der Waals surface area contributed by atoms with E-state index in [-0.39, 0.29) is 4.90 Å². The fourth-order valence-corrected chi connectivity index (χ4v) is 3.57. The van der Waals surface area contributed by atoms with Crippen molar-refractivity contribution in [2.24, 2.45) is 0 Å². The quantitative estimate of drug-likeness (QED) is 0.657. The van der Waals surface area contributed by atoms with Crippen LogP contribution < -0.4 is 4.72 Å². The van der Waals surface area contributed by atoms with Gasteiger partial charge >= 0.3 is 0 Å². The lowest BCUT2D eigenvalue weighted by Gasteiger charge is -2.09. The van der Waals surface area contributed by atoms with Gasteiger partial charge in [0.1, 0.15) is 0 Å². The Morgan fingerprint density at radius 1 is 0.826 bits per heavy atom. The van der Waals surface area contributed by atoms with Gasteiger partial charge in [-0.2, -0.15) is 0 Å². The molecule has 0 radical (unpaired) electrons. The van der Waals surface area contributed by atoms with E-state index in [2.05, 4.69) is 11.6 Å². The maximum atomic E-state index is 12.2. The smallest absolute Gasteiger partial charge is 0.261 e. The summed E-state index contributed by atoms with van der Waals surface area (Å²) in [6.07, 6.45) is 7.36. The summed E-state index contributed by atoms with van der Waals surface area (Å²) in [4.78, 5) is 0.278. The van der Waals surface area contributed by atoms with Gasteiger partial charge < -0.3 is 0 Å². The van der Waals surface area contributed by atoms with Gasteiger partial charge in [-0.15, -0.1) is 0 Å². The molecule has 0 spiro atoms. The Kier molecular flexibility index (Phi) is 6.66. The molecule has 124 valence electrons. The summed E-state index contributed by atoms with van der Waals surface area (Å²) in [7, 11) is -3.50. The Balaban J connectivity index is 1.90. The van der Waals surface area contributed by atoms with Gasteiger partial charge in [0.05, 0.1) is 4.90 Å². The minimum Gasteiger partial charge on any atom is -0.280 e. The van der Waals surface area contributed by atoms with Crippen molar-refractivity contribution in [1.82, 2.24) is 0 Å². The summed E-state index contributed by atoms with van der Waals surface area (Å²) in [5.74, 6) is 0. The highest BCUT2D eigenvalue weighted by molar-refractivity contribution is 7.92. The van der Waals surface area contributed by atoms with Crippen LogP contribution in [0.5, 0.6) is 0 Å². The van der Waals surface area contributed by atoms with Crippen LogP contribution in [0.15, 0.2) is 59.5 Å². The molecule has 3 nitrogen and oxygen atoms in total. The first kappa shape index (κ1) is 17.5. The van der Waals surface area contributed by atoms with Crippen molar-refractivity contribution in [3.05, 3.63) is 60.2 Å². The third-order valence-electron chi connectivity index (χ3n) is 3.83. The van der Waals surface area contributed by atoms with Crippen molar-refractivity contribution in [1.29, 1.82) is 0 Å². The molecule has 0 aliphatic rings. The van der Waals surface area contributed by atoms with Gasteiger partial charge in [-0.3, -0.25) is 4.72 Å². The van der Waals surface area contributed by atoms with Crippen LogP contribution in [0.2, 0.25) is 0 Å². The molecule has 1 N–H and O–H groups in total. The normalized spacial score (nSPS) is 11.3. The van der Waals surface area contributed by atoms with E-state index in [0.717, 1.165) is 6.42 Å². The van der Waals surface area contributed by atoms with E-state index in [4.69, 9.17) is 0 Å². The average Bonchev–Trinajstić information content (AvgIpc) is 2.57. The number of anilines is 1. The van der Waals surface area contributed by atoms with Crippen LogP contribution in [0.4, 0.5) is 5.69 Å². The largest absolute Gasteiger partial charge is 0.280 e. The zero-order valence-electron chi connectivity index (χ0n) is 13.7. The minimum atomic E-state index is -3.50. The highest BCUT2D eigenvalue weighted by Gasteiger charge is 2.12. The van der Waals surface area contributed by atoms with Gasteiger partial charge in [0.15, 0.2) is 0 Å². The molecule has 0 aliphatic heterocycles. The second-order valence-corrected chi connectivity index (χ2v) is 7.46. The van der Waals surface area contributed by atoms with Crippen LogP contribution >= 0.6 is 0 Å². The number of rotatable bonds is 9. The minimum absolute atomic E-state index is 0.278. The van der Waals surface area contributed by atoms with Crippen molar-refractivity contribution < 1.29 is 8.42 Å². The number of nitrogens with one attached hydrogen (secondary N) is 1. The molecule has 0 bridgehead atoms. The van der Waals surface area contributed by atoms with Gasteiger partial charge in [-0.25, -0.2) is 8.42 Å². The number of hydrogen-bond acceptors (Lipinski definition) is 2. The Hall–Kier alpha value is -1.81. The van der Waals surface area contributed by atoms with Gasteiger partial charge in [-0.05, 0) is 42.7 Å². The molecule has 0 atom stereocenters. The zero-order valence-corrected chi connectivity index (χ0v) is 14.5. The molecular weight excluding hydrogens is 306 g/mol. The molecule has 0 aliphatic carbocycles. The lowest BCUT2D eigenvalue weighted by Crippen LogP contribution is -2.12. The van der Waals surface area contributed by atoms with Gasteiger partial charge in [0, 0.05) is 5.69 Å². The van der Waals surface area contributed by atoms with Gasteiger partial charge in [-0.1, -0.05) is 62.9 Å². The van der Waals surface area contributed by atoms with Crippen LogP contribution in [0.25, 0.3) is 0 Å². The van der Waals surface area contributed by atoms with Crippen LogP contribution in [-0.4, -0.2) is 8.42 Å². The van der Waals surface area contributed by atoms with Crippen molar-refractivity contribution in [2.75, 3.05) is 4.72 Å². The molecule has 0 heterocycles. The van der Waals surface area contributed by atoms with Crippen LogP contribution in [0.3, 0.4) is 0 Å². The summed E-state index contributed by atoms with van der Waals surface area (Å²) in [6.45, 7) is 2.22. The Morgan fingerprint density at radius 3 is 2.13 bits per heavy atom. The standard InChI is InChI=1S/C19H25NO2S/c1-2-3-4-5-7-10-17-13-15-18(16-14-17)20-23(21,22)19-11-8-6-9-12-19/h6,8-9,11-16,20H,2-5,7,10H2,1H3. The highest BCUT2D eigenvalue weighted by atomic mass is 32.2. The first-order chi connectivity index (χ1) is 11.1. The van der Waals surface area contributed by atoms with Crippen molar-refractivity contribution in [3.63, 3.8) is 0 Å². The predicted molar refractivity (Wildman–Crippen MR) is 96.2 cm³/mol. The Bertz CT molecular complexity index is 679. The van der Waals surface area contributed by atoms with Crippen molar-refractivity contribution in [2.45, 2.75) is 50.3 Å². The fraction of sp³-hybridized carbons (Fsp3) is 0.368. The van der Waals surface area contributed by atoms with E-state index in [1.807, 2.05) is 24.3 Å². The molecule has 4 heteroatoms. The number of unbranched alkanes of at least 4 members (excludes halogenated alkanes) is 4. The van der Waals surface area contributed by atoms with E-state index in [1.54, 1.807) is 30.3 Å². The molecule has 0 fully saturated rings. The summed E-state index contributed by atoms with van der Waals surface area (Å²) in [5.41, 5.74) is 1.85. The summed E-state index contributed by atoms with van der Waals surface area (Å²) in [5, 5.41) is 0. The predicted octanol–water partition coefficient (Wildman–Crippen LogP) is 5.00. The molecule has 0 unspecified atom stereocenters. The second-order valence-electron chi connectivity index (χ2n) is 5.78. The van der Waals surface area contributed by atoms with E-state index in [1.165, 1.54) is 37.7 Å². The van der Waals surface area contributed by atoms with Gasteiger partial charge in [0.2, 0.25) is 0 Å². The molecule has 2 rings (SSSR count). The Morgan fingerprint density at radius 2 is 1.48 bits per heavy atom. The SMILES string of the molecule is CCCCCCCc1ccc(NS(=O)(=O)c2ccccc2)cc1. The third kappa shape index (κ3) is 5.71. The second kappa shape index (κ2) is 8.73. The molecule has 0 saturated carbocycles. The molecule has 0 aromatic heterocycles. The summed E-state index contributed by atoms with van der Waals surface area (Å²) in [6, 6.07) is 16.1. The van der Waals surface area contributed by atoms with E-state index in [9.17, 15) is 8.42 Å². The van der Waals surface area contributed by atoms with E-state index in [0.29, 0.717) is 5.69 Å². The third-order valence-corrected chi connectivity index (χ3v) is 5.23.